The van der Waals surface area contributed by atoms with Gasteiger partial charge in [0, 0.05) is 25.4 Å². The van der Waals surface area contributed by atoms with Crippen LogP contribution in [-0.4, -0.2) is 40.9 Å². The molecule has 0 bridgehead atoms. The summed E-state index contributed by atoms with van der Waals surface area (Å²) in [6, 6.07) is 5.91. The number of aromatic nitrogens is 3. The zero-order chi connectivity index (χ0) is 16.8. The van der Waals surface area contributed by atoms with Crippen LogP contribution in [0, 0.1) is 5.92 Å². The number of carbonyl (C=O) groups excluding carboxylic acids is 1. The van der Waals surface area contributed by atoms with Crippen LogP contribution in [0.4, 0.5) is 0 Å². The molecule has 1 aromatic carbocycles. The van der Waals surface area contributed by atoms with E-state index in [2.05, 4.69) is 15.4 Å². The Kier molecular flexibility index (Phi) is 5.30. The lowest BCUT2D eigenvalue weighted by atomic mass is 9.96. The van der Waals surface area contributed by atoms with Crippen LogP contribution in [0.3, 0.4) is 0 Å². The van der Waals surface area contributed by atoms with Crippen molar-refractivity contribution < 1.29 is 14.3 Å². The third-order valence-electron chi connectivity index (χ3n) is 4.10. The van der Waals surface area contributed by atoms with Gasteiger partial charge in [0.05, 0.1) is 13.7 Å². The summed E-state index contributed by atoms with van der Waals surface area (Å²) in [6.07, 6.45) is 5.26. The monoisotopic (exact) mass is 330 g/mol. The summed E-state index contributed by atoms with van der Waals surface area (Å²) in [5.74, 6) is 1.94. The van der Waals surface area contributed by atoms with Gasteiger partial charge in [-0.3, -0.25) is 9.48 Å². The first-order chi connectivity index (χ1) is 11.8. The van der Waals surface area contributed by atoms with Gasteiger partial charge in [0.25, 0.3) is 0 Å². The van der Waals surface area contributed by atoms with Crippen LogP contribution < -0.4 is 14.8 Å². The normalized spacial score (nSPS) is 16.1. The Bertz CT molecular complexity index is 672. The molecule has 3 rings (SSSR count). The van der Waals surface area contributed by atoms with Crippen LogP contribution in [0.2, 0.25) is 0 Å². The zero-order valence-electron chi connectivity index (χ0n) is 13.8. The lowest BCUT2D eigenvalue weighted by Crippen LogP contribution is -2.34. The van der Waals surface area contributed by atoms with E-state index in [0.29, 0.717) is 26.1 Å². The fourth-order valence-electron chi connectivity index (χ4n) is 2.85. The second kappa shape index (κ2) is 7.81. The number of nitrogens with one attached hydrogen (secondary N) is 1. The molecule has 24 heavy (non-hydrogen) atoms. The van der Waals surface area contributed by atoms with Gasteiger partial charge in [0.15, 0.2) is 11.5 Å². The molecule has 0 spiro atoms. The minimum atomic E-state index is 0.0616. The summed E-state index contributed by atoms with van der Waals surface area (Å²) in [7, 11) is 1.64. The van der Waals surface area contributed by atoms with Crippen LogP contribution in [0.15, 0.2) is 30.9 Å². The fourth-order valence-corrected chi connectivity index (χ4v) is 2.85. The van der Waals surface area contributed by atoms with Crippen molar-refractivity contribution in [3.63, 3.8) is 0 Å². The Morgan fingerprint density at radius 2 is 2.42 bits per heavy atom. The molecule has 1 amide bonds. The number of para-hydroxylation sites is 1. The summed E-state index contributed by atoms with van der Waals surface area (Å²) in [5, 5.41) is 7.01. The number of methoxy groups -OCH3 is 1. The quantitative estimate of drug-likeness (QED) is 0.831. The first kappa shape index (κ1) is 16.3. The van der Waals surface area contributed by atoms with Crippen molar-refractivity contribution in [3.05, 3.63) is 36.4 Å². The number of benzene rings is 1. The molecule has 0 fully saturated rings. The number of aryl methyl sites for hydroxylation is 1. The Morgan fingerprint density at radius 3 is 3.21 bits per heavy atom. The maximum absolute atomic E-state index is 11.9. The van der Waals surface area contributed by atoms with Gasteiger partial charge in [-0.1, -0.05) is 12.1 Å². The van der Waals surface area contributed by atoms with Crippen molar-refractivity contribution in [2.45, 2.75) is 25.8 Å². The molecule has 7 nitrogen and oxygen atoms in total. The molecule has 0 aliphatic carbocycles. The Morgan fingerprint density at radius 1 is 1.50 bits per heavy atom. The van der Waals surface area contributed by atoms with Gasteiger partial charge in [-0.2, -0.15) is 5.10 Å². The Balaban J connectivity index is 1.41. The SMILES string of the molecule is COc1cccc2c1OC[C@H](CNC(=O)CCCn1cncn1)C2. The first-order valence-electron chi connectivity index (χ1n) is 8.14. The lowest BCUT2D eigenvalue weighted by molar-refractivity contribution is -0.121. The van der Waals surface area contributed by atoms with E-state index in [4.69, 9.17) is 9.47 Å². The molecule has 1 aliphatic heterocycles. The summed E-state index contributed by atoms with van der Waals surface area (Å²) < 4.78 is 12.9. The topological polar surface area (TPSA) is 78.3 Å². The van der Waals surface area contributed by atoms with Crippen molar-refractivity contribution in [3.8, 4) is 11.5 Å². The molecule has 1 aliphatic rings. The average molecular weight is 330 g/mol. The van der Waals surface area contributed by atoms with E-state index >= 15 is 0 Å². The molecule has 0 saturated heterocycles. The summed E-state index contributed by atoms with van der Waals surface area (Å²) in [4.78, 5) is 15.8. The molecule has 1 N–H and O–H groups in total. The number of amides is 1. The molecule has 0 saturated carbocycles. The smallest absolute Gasteiger partial charge is 0.220 e. The van der Waals surface area contributed by atoms with E-state index in [9.17, 15) is 4.79 Å². The molecule has 2 heterocycles. The van der Waals surface area contributed by atoms with Gasteiger partial charge < -0.3 is 14.8 Å². The third-order valence-corrected chi connectivity index (χ3v) is 4.10. The predicted octanol–water partition coefficient (Wildman–Crippen LogP) is 1.43. The predicted molar refractivity (Wildman–Crippen MR) is 87.9 cm³/mol. The largest absolute Gasteiger partial charge is 0.493 e. The van der Waals surface area contributed by atoms with Crippen LogP contribution in [0.25, 0.3) is 0 Å². The van der Waals surface area contributed by atoms with E-state index in [-0.39, 0.29) is 11.8 Å². The van der Waals surface area contributed by atoms with Gasteiger partial charge in [0.1, 0.15) is 12.7 Å². The number of ether oxygens (including phenoxy) is 2. The summed E-state index contributed by atoms with van der Waals surface area (Å²) in [5.41, 5.74) is 1.13. The first-order valence-corrected chi connectivity index (χ1v) is 8.14. The second-order valence-corrected chi connectivity index (χ2v) is 5.90. The van der Waals surface area contributed by atoms with Crippen molar-refractivity contribution in [2.75, 3.05) is 20.3 Å². The molecular formula is C17H22N4O3. The fraction of sp³-hybridized carbons (Fsp3) is 0.471. The van der Waals surface area contributed by atoms with Crippen molar-refractivity contribution in [2.24, 2.45) is 5.92 Å². The molecule has 1 aromatic heterocycles. The molecular weight excluding hydrogens is 308 g/mol. The highest BCUT2D eigenvalue weighted by Crippen LogP contribution is 2.35. The minimum Gasteiger partial charge on any atom is -0.493 e. The molecule has 0 unspecified atom stereocenters. The lowest BCUT2D eigenvalue weighted by Gasteiger charge is -2.26. The van der Waals surface area contributed by atoms with Gasteiger partial charge >= 0.3 is 0 Å². The Hall–Kier alpha value is -2.57. The van der Waals surface area contributed by atoms with Crippen molar-refractivity contribution in [1.82, 2.24) is 20.1 Å². The van der Waals surface area contributed by atoms with Crippen LogP contribution in [0.1, 0.15) is 18.4 Å². The number of hydrogen-bond donors (Lipinski definition) is 1. The number of nitrogens with zero attached hydrogens (tertiary/aromatic N) is 3. The van der Waals surface area contributed by atoms with Gasteiger partial charge in [0.2, 0.25) is 5.91 Å². The van der Waals surface area contributed by atoms with Crippen molar-refractivity contribution in [1.29, 1.82) is 0 Å². The van der Waals surface area contributed by atoms with Crippen molar-refractivity contribution >= 4 is 5.91 Å². The Labute approximate surface area is 141 Å². The highest BCUT2D eigenvalue weighted by Gasteiger charge is 2.22. The minimum absolute atomic E-state index is 0.0616. The molecule has 128 valence electrons. The van der Waals surface area contributed by atoms with E-state index in [0.717, 1.165) is 29.9 Å². The summed E-state index contributed by atoms with van der Waals surface area (Å²) in [6.45, 7) is 1.92. The number of carbonyl (C=O) groups is 1. The van der Waals surface area contributed by atoms with E-state index in [1.165, 1.54) is 6.33 Å². The third kappa shape index (κ3) is 4.04. The van der Waals surface area contributed by atoms with Gasteiger partial charge in [-0.15, -0.1) is 0 Å². The maximum Gasteiger partial charge on any atom is 0.220 e. The van der Waals surface area contributed by atoms with E-state index < -0.39 is 0 Å². The number of rotatable bonds is 7. The standard InChI is InChI=1S/C17H22N4O3/c1-23-15-5-2-4-14-8-13(10-24-17(14)15)9-19-16(22)6-3-7-21-12-18-11-20-21/h2,4-5,11-13H,3,6-10H2,1H3,(H,19,22)/t13-/m0/s1. The van der Waals surface area contributed by atoms with Crippen LogP contribution in [0.5, 0.6) is 11.5 Å². The highest BCUT2D eigenvalue weighted by atomic mass is 16.5. The summed E-state index contributed by atoms with van der Waals surface area (Å²) >= 11 is 0. The zero-order valence-corrected chi connectivity index (χ0v) is 13.8. The van der Waals surface area contributed by atoms with E-state index in [1.807, 2.05) is 18.2 Å². The average Bonchev–Trinajstić information content (AvgIpc) is 3.12. The van der Waals surface area contributed by atoms with Gasteiger partial charge in [-0.05, 0) is 24.5 Å². The van der Waals surface area contributed by atoms with Crippen LogP contribution in [-0.2, 0) is 17.8 Å². The molecule has 0 radical (unpaired) electrons. The highest BCUT2D eigenvalue weighted by molar-refractivity contribution is 5.75. The maximum atomic E-state index is 11.9. The van der Waals surface area contributed by atoms with Crippen LogP contribution >= 0.6 is 0 Å². The molecule has 2 aromatic rings. The molecule has 1 atom stereocenters. The number of fused-ring (bicyclic) bond motifs is 1. The number of hydrogen-bond acceptors (Lipinski definition) is 5. The second-order valence-electron chi connectivity index (χ2n) is 5.90. The molecule has 7 heteroatoms. The van der Waals surface area contributed by atoms with E-state index in [1.54, 1.807) is 18.1 Å². The van der Waals surface area contributed by atoms with Gasteiger partial charge in [-0.25, -0.2) is 4.98 Å².